The molecule has 8 nitrogen and oxygen atoms in total. The Morgan fingerprint density at radius 2 is 2.35 bits per heavy atom. The molecule has 0 unspecified atom stereocenters. The fraction of sp³-hybridized carbons (Fsp3) is 0.222. The summed E-state index contributed by atoms with van der Waals surface area (Å²) in [6.07, 6.45) is 12.1. The molecule has 1 N–H and O–H groups in total. The first kappa shape index (κ1) is 17.4. The molecule has 8 heteroatoms. The summed E-state index contributed by atoms with van der Waals surface area (Å²) in [6, 6.07) is 3.18. The molecule has 3 rings (SSSR count). The highest BCUT2D eigenvalue weighted by Crippen LogP contribution is 2.29. The van der Waals surface area contributed by atoms with E-state index in [1.807, 2.05) is 0 Å². The van der Waals surface area contributed by atoms with Gasteiger partial charge >= 0.3 is 11.7 Å². The highest BCUT2D eigenvalue weighted by molar-refractivity contribution is 5.88. The highest BCUT2D eigenvalue weighted by atomic mass is 16.6. The van der Waals surface area contributed by atoms with E-state index >= 15 is 0 Å². The van der Waals surface area contributed by atoms with Crippen LogP contribution in [0.1, 0.15) is 22.1 Å². The molecule has 1 aliphatic rings. The van der Waals surface area contributed by atoms with E-state index in [0.29, 0.717) is 5.56 Å². The third kappa shape index (κ3) is 3.34. The van der Waals surface area contributed by atoms with Crippen molar-refractivity contribution in [2.75, 3.05) is 6.61 Å². The predicted molar refractivity (Wildman–Crippen MR) is 91.4 cm³/mol. The van der Waals surface area contributed by atoms with Crippen LogP contribution in [-0.2, 0) is 9.47 Å². The minimum Gasteiger partial charge on any atom is -0.458 e. The zero-order chi connectivity index (χ0) is 18.7. The van der Waals surface area contributed by atoms with Gasteiger partial charge in [-0.1, -0.05) is 5.92 Å². The van der Waals surface area contributed by atoms with Crippen LogP contribution in [0.4, 0.5) is 0 Å². The predicted octanol–water partition coefficient (Wildman–Crippen LogP) is 0.554. The fourth-order valence-electron chi connectivity index (χ4n) is 2.40. The fourth-order valence-corrected chi connectivity index (χ4v) is 2.40. The van der Waals surface area contributed by atoms with Crippen molar-refractivity contribution < 1.29 is 14.3 Å². The Bertz CT molecular complexity index is 1020. The van der Waals surface area contributed by atoms with Gasteiger partial charge in [0.25, 0.3) is 5.56 Å². The van der Waals surface area contributed by atoms with Gasteiger partial charge in [0.2, 0.25) is 0 Å². The second kappa shape index (κ2) is 6.82. The van der Waals surface area contributed by atoms with Crippen molar-refractivity contribution in [1.82, 2.24) is 14.5 Å². The zero-order valence-electron chi connectivity index (χ0n) is 13.8. The van der Waals surface area contributed by atoms with Crippen molar-refractivity contribution in [3.8, 4) is 12.3 Å². The maximum absolute atomic E-state index is 12.0. The Kier molecular flexibility index (Phi) is 4.56. The van der Waals surface area contributed by atoms with Gasteiger partial charge in [0.15, 0.2) is 11.8 Å². The van der Waals surface area contributed by atoms with Crippen molar-refractivity contribution in [1.29, 1.82) is 0 Å². The van der Waals surface area contributed by atoms with Gasteiger partial charge in [-0.15, -0.1) is 6.42 Å². The molecule has 0 saturated carbocycles. The topological polar surface area (TPSA) is 103 Å². The van der Waals surface area contributed by atoms with Crippen LogP contribution in [0.15, 0.2) is 52.5 Å². The summed E-state index contributed by atoms with van der Waals surface area (Å²) < 4.78 is 12.2. The van der Waals surface area contributed by atoms with Crippen molar-refractivity contribution in [2.45, 2.75) is 18.8 Å². The summed E-state index contributed by atoms with van der Waals surface area (Å²) in [5, 5.41) is 0. The summed E-state index contributed by atoms with van der Waals surface area (Å²) in [6.45, 7) is 1.33. The Hall–Kier alpha value is -3.44. The highest BCUT2D eigenvalue weighted by Gasteiger charge is 2.36. The average molecular weight is 353 g/mol. The molecule has 0 saturated heterocycles. The average Bonchev–Trinajstić information content (AvgIpc) is 3.08. The number of aromatic nitrogens is 3. The molecule has 0 amide bonds. The minimum absolute atomic E-state index is 0.235. The van der Waals surface area contributed by atoms with Crippen LogP contribution in [0.3, 0.4) is 0 Å². The summed E-state index contributed by atoms with van der Waals surface area (Å²) in [7, 11) is 0. The lowest BCUT2D eigenvalue weighted by Crippen LogP contribution is -2.37. The van der Waals surface area contributed by atoms with E-state index in [1.54, 1.807) is 31.2 Å². The lowest BCUT2D eigenvalue weighted by atomic mass is 10.1. The van der Waals surface area contributed by atoms with Gasteiger partial charge in [-0.25, -0.2) is 9.59 Å². The van der Waals surface area contributed by atoms with Gasteiger partial charge in [-0.3, -0.25) is 19.3 Å². The monoisotopic (exact) mass is 353 g/mol. The molecule has 0 spiro atoms. The molecule has 0 fully saturated rings. The maximum atomic E-state index is 12.0. The van der Waals surface area contributed by atoms with Crippen LogP contribution in [0.5, 0.6) is 0 Å². The first-order chi connectivity index (χ1) is 12.4. The number of carbonyl (C=O) groups is 1. The number of aromatic amines is 1. The molecule has 1 aliphatic heterocycles. The Morgan fingerprint density at radius 1 is 1.54 bits per heavy atom. The third-order valence-corrected chi connectivity index (χ3v) is 3.84. The molecule has 2 aromatic rings. The molecule has 132 valence electrons. The first-order valence-electron chi connectivity index (χ1n) is 7.68. The summed E-state index contributed by atoms with van der Waals surface area (Å²) >= 11 is 0. The van der Waals surface area contributed by atoms with E-state index in [-0.39, 0.29) is 12.2 Å². The standard InChI is InChI=1S/C18H15N3O5/c1-3-18(11-25-16(23)13-5-4-8-19-9-13)7-6-14(26-18)21-10-12(2)15(22)20-17(21)24/h1,4-10,14H,11H2,2H3,(H,20,22,24)/t14-,18+/m1/s1. The second-order valence-electron chi connectivity index (χ2n) is 5.70. The number of hydrogen-bond donors (Lipinski definition) is 1. The molecule has 2 aromatic heterocycles. The van der Waals surface area contributed by atoms with Gasteiger partial charge in [0.05, 0.1) is 5.56 Å². The number of hydrogen-bond acceptors (Lipinski definition) is 6. The summed E-state index contributed by atoms with van der Waals surface area (Å²) in [4.78, 5) is 41.5. The second-order valence-corrected chi connectivity index (χ2v) is 5.70. The van der Waals surface area contributed by atoms with Gasteiger partial charge in [-0.2, -0.15) is 0 Å². The molecule has 26 heavy (non-hydrogen) atoms. The van der Waals surface area contributed by atoms with Crippen LogP contribution in [0.2, 0.25) is 0 Å². The van der Waals surface area contributed by atoms with Crippen molar-refractivity contribution in [3.05, 3.63) is 74.8 Å². The minimum atomic E-state index is -1.31. The summed E-state index contributed by atoms with van der Waals surface area (Å²) in [5.41, 5.74) is -1.78. The molecular weight excluding hydrogens is 338 g/mol. The Morgan fingerprint density at radius 3 is 3.04 bits per heavy atom. The van der Waals surface area contributed by atoms with Crippen LogP contribution in [0.25, 0.3) is 0 Å². The van der Waals surface area contributed by atoms with Crippen LogP contribution in [0, 0.1) is 19.3 Å². The number of aryl methyl sites for hydroxylation is 1. The van der Waals surface area contributed by atoms with E-state index < -0.39 is 29.0 Å². The van der Waals surface area contributed by atoms with E-state index in [1.165, 1.54) is 23.2 Å². The number of nitrogens with one attached hydrogen (secondary N) is 1. The Balaban J connectivity index is 1.75. The number of terminal acetylenes is 1. The number of rotatable bonds is 4. The van der Waals surface area contributed by atoms with Crippen molar-refractivity contribution >= 4 is 5.97 Å². The normalized spacial score (nSPS) is 21.3. The lowest BCUT2D eigenvalue weighted by molar-refractivity contribution is -0.0574. The molecule has 2 atom stereocenters. The number of carbonyl (C=O) groups excluding carboxylic acids is 1. The largest absolute Gasteiger partial charge is 0.458 e. The van der Waals surface area contributed by atoms with Crippen LogP contribution in [-0.4, -0.2) is 32.7 Å². The number of ether oxygens (including phenoxy) is 2. The number of nitrogens with zero attached hydrogens (tertiary/aromatic N) is 2. The molecule has 3 heterocycles. The van der Waals surface area contributed by atoms with Gasteiger partial charge in [0, 0.05) is 24.2 Å². The van der Waals surface area contributed by atoms with E-state index in [0.717, 1.165) is 0 Å². The molecule has 0 aliphatic carbocycles. The van der Waals surface area contributed by atoms with E-state index in [2.05, 4.69) is 15.9 Å². The maximum Gasteiger partial charge on any atom is 0.339 e. The quantitative estimate of drug-likeness (QED) is 0.489. The molecule has 0 radical (unpaired) electrons. The number of H-pyrrole nitrogens is 1. The molecule has 0 bridgehead atoms. The third-order valence-electron chi connectivity index (χ3n) is 3.84. The van der Waals surface area contributed by atoms with Gasteiger partial charge in [0.1, 0.15) is 6.61 Å². The zero-order valence-corrected chi connectivity index (χ0v) is 13.8. The van der Waals surface area contributed by atoms with E-state index in [9.17, 15) is 14.4 Å². The SMILES string of the molecule is C#C[C@@]1(COC(=O)c2cccnc2)C=C[C@H](n2cc(C)c(=O)[nH]c2=O)O1. The van der Waals surface area contributed by atoms with E-state index in [4.69, 9.17) is 15.9 Å². The molecular formula is C18H15N3O5. The number of pyridine rings is 1. The number of esters is 1. The summed E-state index contributed by atoms with van der Waals surface area (Å²) in [5.74, 6) is 1.85. The first-order valence-corrected chi connectivity index (χ1v) is 7.68. The smallest absolute Gasteiger partial charge is 0.339 e. The van der Waals surface area contributed by atoms with Crippen LogP contribution < -0.4 is 11.2 Å². The van der Waals surface area contributed by atoms with Gasteiger partial charge in [-0.05, 0) is 31.2 Å². The van der Waals surface area contributed by atoms with Crippen LogP contribution >= 0.6 is 0 Å². The lowest BCUT2D eigenvalue weighted by Gasteiger charge is -2.24. The van der Waals surface area contributed by atoms with Crippen molar-refractivity contribution in [3.63, 3.8) is 0 Å². The van der Waals surface area contributed by atoms with Gasteiger partial charge < -0.3 is 9.47 Å². The van der Waals surface area contributed by atoms with Crippen molar-refractivity contribution in [2.24, 2.45) is 0 Å². The Labute approximate surface area is 148 Å². The molecule has 0 aromatic carbocycles.